The second-order valence-electron chi connectivity index (χ2n) is 5.09. The van der Waals surface area contributed by atoms with Crippen molar-refractivity contribution in [2.24, 2.45) is 5.10 Å². The molecule has 0 saturated heterocycles. The SMILES string of the molecule is COc1ccc(NC(=S)N/N=C\c2ccccc2OCC(=O)[O-])cc1OC. The van der Waals surface area contributed by atoms with E-state index in [0.29, 0.717) is 28.5 Å². The zero-order valence-electron chi connectivity index (χ0n) is 14.7. The number of rotatable bonds is 8. The van der Waals surface area contributed by atoms with Crippen LogP contribution < -0.4 is 30.1 Å². The Morgan fingerprint density at radius 3 is 2.59 bits per heavy atom. The fraction of sp³-hybridized carbons (Fsp3) is 0.167. The monoisotopic (exact) mass is 388 g/mol. The first-order valence-corrected chi connectivity index (χ1v) is 8.18. The first-order chi connectivity index (χ1) is 13.0. The number of nitrogens with zero attached hydrogens (tertiary/aromatic N) is 1. The highest BCUT2D eigenvalue weighted by atomic mass is 32.1. The zero-order chi connectivity index (χ0) is 19.6. The van der Waals surface area contributed by atoms with Crippen LogP contribution >= 0.6 is 12.2 Å². The predicted octanol–water partition coefficient (Wildman–Crippen LogP) is 1.15. The number of para-hydroxylation sites is 1. The summed E-state index contributed by atoms with van der Waals surface area (Å²) >= 11 is 5.19. The van der Waals surface area contributed by atoms with Crippen LogP contribution in [-0.4, -0.2) is 38.1 Å². The first kappa shape index (κ1) is 20.0. The van der Waals surface area contributed by atoms with Gasteiger partial charge in [0.05, 0.1) is 26.4 Å². The number of carbonyl (C=O) groups excluding carboxylic acids is 1. The van der Waals surface area contributed by atoms with Crippen molar-refractivity contribution in [2.45, 2.75) is 0 Å². The summed E-state index contributed by atoms with van der Waals surface area (Å²) in [5, 5.41) is 17.8. The first-order valence-electron chi connectivity index (χ1n) is 7.77. The molecule has 0 aliphatic carbocycles. The molecule has 0 unspecified atom stereocenters. The van der Waals surface area contributed by atoms with Gasteiger partial charge in [-0.05, 0) is 36.5 Å². The highest BCUT2D eigenvalue weighted by Crippen LogP contribution is 2.29. The number of carboxylic acid groups (broad SMARTS) is 1. The van der Waals surface area contributed by atoms with Crippen molar-refractivity contribution < 1.29 is 24.1 Å². The highest BCUT2D eigenvalue weighted by Gasteiger charge is 2.05. The van der Waals surface area contributed by atoms with Crippen molar-refractivity contribution in [3.05, 3.63) is 48.0 Å². The van der Waals surface area contributed by atoms with Gasteiger partial charge in [0.25, 0.3) is 0 Å². The van der Waals surface area contributed by atoms with E-state index in [2.05, 4.69) is 15.8 Å². The minimum absolute atomic E-state index is 0.256. The Balaban J connectivity index is 1.97. The van der Waals surface area contributed by atoms with Crippen molar-refractivity contribution in [2.75, 3.05) is 26.1 Å². The minimum atomic E-state index is -1.31. The van der Waals surface area contributed by atoms with Crippen LogP contribution in [0.15, 0.2) is 47.6 Å². The van der Waals surface area contributed by atoms with E-state index in [4.69, 9.17) is 26.4 Å². The predicted molar refractivity (Wildman–Crippen MR) is 103 cm³/mol. The van der Waals surface area contributed by atoms with E-state index in [0.717, 1.165) is 0 Å². The van der Waals surface area contributed by atoms with E-state index < -0.39 is 12.6 Å². The Bertz CT molecular complexity index is 841. The second-order valence-corrected chi connectivity index (χ2v) is 5.50. The number of carbonyl (C=O) groups is 1. The molecule has 8 nitrogen and oxygen atoms in total. The van der Waals surface area contributed by atoms with Gasteiger partial charge in [-0.2, -0.15) is 5.10 Å². The molecule has 0 aromatic heterocycles. The Morgan fingerprint density at radius 1 is 1.15 bits per heavy atom. The van der Waals surface area contributed by atoms with Crippen molar-refractivity contribution in [3.63, 3.8) is 0 Å². The quantitative estimate of drug-likeness (QED) is 0.394. The summed E-state index contributed by atoms with van der Waals surface area (Å²) in [6.45, 7) is -0.544. The molecule has 0 bridgehead atoms. The van der Waals surface area contributed by atoms with Gasteiger partial charge < -0.3 is 29.4 Å². The number of nitrogens with one attached hydrogen (secondary N) is 2. The molecule has 2 rings (SSSR count). The van der Waals surface area contributed by atoms with Crippen molar-refractivity contribution in [1.82, 2.24) is 5.43 Å². The molecule has 2 N–H and O–H groups in total. The normalized spacial score (nSPS) is 10.3. The van der Waals surface area contributed by atoms with Crippen molar-refractivity contribution in [3.8, 4) is 17.2 Å². The molecule has 0 amide bonds. The number of hydrogen-bond acceptors (Lipinski definition) is 7. The van der Waals surface area contributed by atoms with Crippen LogP contribution in [0.3, 0.4) is 0 Å². The van der Waals surface area contributed by atoms with Gasteiger partial charge in [-0.15, -0.1) is 0 Å². The van der Waals surface area contributed by atoms with Gasteiger partial charge in [-0.3, -0.25) is 5.43 Å². The molecule has 9 heteroatoms. The molecular formula is C18H18N3O5S-. The van der Waals surface area contributed by atoms with E-state index in [1.165, 1.54) is 6.21 Å². The third kappa shape index (κ3) is 6.15. The zero-order valence-corrected chi connectivity index (χ0v) is 15.5. The summed E-state index contributed by atoms with van der Waals surface area (Å²) < 4.78 is 15.6. The molecule has 2 aromatic rings. The van der Waals surface area contributed by atoms with E-state index in [1.807, 2.05) is 0 Å². The fourth-order valence-electron chi connectivity index (χ4n) is 2.09. The number of benzene rings is 2. The van der Waals surface area contributed by atoms with Gasteiger partial charge in [0.2, 0.25) is 0 Å². The lowest BCUT2D eigenvalue weighted by Crippen LogP contribution is -2.29. The molecule has 0 aliphatic rings. The molecule has 2 aromatic carbocycles. The number of hydrogen-bond donors (Lipinski definition) is 2. The van der Waals surface area contributed by atoms with Crippen LogP contribution in [0.5, 0.6) is 17.2 Å². The standard InChI is InChI=1S/C18H19N3O5S/c1-24-15-8-7-13(9-16(15)25-2)20-18(27)21-19-10-12-5-3-4-6-14(12)26-11-17(22)23/h3-10H,11H2,1-2H3,(H,22,23)(H2,20,21,27)/p-1/b19-10-. The number of ether oxygens (including phenoxy) is 3. The fourth-order valence-corrected chi connectivity index (χ4v) is 2.26. The Morgan fingerprint density at radius 2 is 1.89 bits per heavy atom. The molecule has 0 saturated carbocycles. The summed E-state index contributed by atoms with van der Waals surface area (Å²) in [6, 6.07) is 12.1. The van der Waals surface area contributed by atoms with Gasteiger partial charge in [0, 0.05) is 17.3 Å². The second kappa shape index (κ2) is 9.97. The van der Waals surface area contributed by atoms with Crippen LogP contribution in [0, 0.1) is 0 Å². The van der Waals surface area contributed by atoms with Gasteiger partial charge in [0.1, 0.15) is 12.4 Å². The molecule has 142 valence electrons. The molecular weight excluding hydrogens is 370 g/mol. The molecule has 0 spiro atoms. The maximum Gasteiger partial charge on any atom is 0.191 e. The minimum Gasteiger partial charge on any atom is -0.546 e. The summed E-state index contributed by atoms with van der Waals surface area (Å²) in [7, 11) is 3.10. The Hall–Kier alpha value is -3.33. The van der Waals surface area contributed by atoms with Crippen LogP contribution in [-0.2, 0) is 4.79 Å². The summed E-state index contributed by atoms with van der Waals surface area (Å²) in [5.74, 6) is 0.229. The topological polar surface area (TPSA) is 104 Å². The number of methoxy groups -OCH3 is 2. The summed E-state index contributed by atoms with van der Waals surface area (Å²) in [4.78, 5) is 10.5. The van der Waals surface area contributed by atoms with Gasteiger partial charge in [0.15, 0.2) is 16.6 Å². The molecule has 27 heavy (non-hydrogen) atoms. The van der Waals surface area contributed by atoms with Gasteiger partial charge in [-0.25, -0.2) is 0 Å². The van der Waals surface area contributed by atoms with Gasteiger partial charge in [-0.1, -0.05) is 12.1 Å². The third-order valence-corrected chi connectivity index (χ3v) is 3.47. The maximum atomic E-state index is 10.5. The van der Waals surface area contributed by atoms with Crippen LogP contribution in [0.1, 0.15) is 5.56 Å². The van der Waals surface area contributed by atoms with E-state index in [-0.39, 0.29) is 5.11 Å². The van der Waals surface area contributed by atoms with Crippen LogP contribution in [0.25, 0.3) is 0 Å². The number of carboxylic acids is 1. The summed E-state index contributed by atoms with van der Waals surface area (Å²) in [6.07, 6.45) is 1.47. The molecule has 0 aliphatic heterocycles. The number of anilines is 1. The molecule has 0 fully saturated rings. The summed E-state index contributed by atoms with van der Waals surface area (Å²) in [5.41, 5.74) is 3.95. The van der Waals surface area contributed by atoms with E-state index in [1.54, 1.807) is 56.7 Å². The van der Waals surface area contributed by atoms with Crippen LogP contribution in [0.4, 0.5) is 5.69 Å². The molecule has 0 heterocycles. The Kier molecular flexibility index (Phi) is 7.38. The largest absolute Gasteiger partial charge is 0.546 e. The smallest absolute Gasteiger partial charge is 0.191 e. The average molecular weight is 388 g/mol. The maximum absolute atomic E-state index is 10.5. The molecule has 0 atom stereocenters. The average Bonchev–Trinajstić information content (AvgIpc) is 2.67. The van der Waals surface area contributed by atoms with Crippen LogP contribution in [0.2, 0.25) is 0 Å². The molecule has 0 radical (unpaired) electrons. The number of thiocarbonyl (C=S) groups is 1. The van der Waals surface area contributed by atoms with E-state index in [9.17, 15) is 9.90 Å². The highest BCUT2D eigenvalue weighted by molar-refractivity contribution is 7.80. The number of aliphatic carboxylic acids is 1. The van der Waals surface area contributed by atoms with Crippen molar-refractivity contribution >= 4 is 35.2 Å². The van der Waals surface area contributed by atoms with Gasteiger partial charge >= 0.3 is 0 Å². The lowest BCUT2D eigenvalue weighted by Gasteiger charge is -2.11. The lowest BCUT2D eigenvalue weighted by atomic mass is 10.2. The van der Waals surface area contributed by atoms with Crippen molar-refractivity contribution in [1.29, 1.82) is 0 Å². The third-order valence-electron chi connectivity index (χ3n) is 3.28. The number of hydrazone groups is 1. The lowest BCUT2D eigenvalue weighted by molar-refractivity contribution is -0.307. The Labute approximate surface area is 161 Å². The van der Waals surface area contributed by atoms with E-state index >= 15 is 0 Å².